The van der Waals surface area contributed by atoms with E-state index in [9.17, 15) is 13.6 Å². The molecular formula is C12H7F2N3O. The first-order chi connectivity index (χ1) is 8.52. The summed E-state index contributed by atoms with van der Waals surface area (Å²) in [7, 11) is 0. The van der Waals surface area contributed by atoms with E-state index in [1.54, 1.807) is 6.07 Å². The number of nitriles is 1. The lowest BCUT2D eigenvalue weighted by Gasteiger charge is -2.10. The van der Waals surface area contributed by atoms with Crippen LogP contribution in [0.4, 0.5) is 8.78 Å². The molecule has 90 valence electrons. The summed E-state index contributed by atoms with van der Waals surface area (Å²) in [5.74, 6) is -1.33. The van der Waals surface area contributed by atoms with Crippen LogP contribution < -0.4 is 5.43 Å². The minimum absolute atomic E-state index is 0.149. The molecule has 0 spiro atoms. The lowest BCUT2D eigenvalue weighted by atomic mass is 10.2. The summed E-state index contributed by atoms with van der Waals surface area (Å²) in [5.41, 5.74) is -0.764. The van der Waals surface area contributed by atoms with Gasteiger partial charge in [0, 0.05) is 17.8 Å². The van der Waals surface area contributed by atoms with E-state index in [0.717, 1.165) is 28.9 Å². The van der Waals surface area contributed by atoms with Crippen LogP contribution in [-0.4, -0.2) is 9.78 Å². The molecule has 0 amide bonds. The average Bonchev–Trinajstić information content (AvgIpc) is 2.33. The fraction of sp³-hybridized carbons (Fsp3) is 0.0833. The first-order valence-electron chi connectivity index (χ1n) is 4.99. The molecule has 0 bridgehead atoms. The number of hydrogen-bond donors (Lipinski definition) is 0. The third-order valence-electron chi connectivity index (χ3n) is 2.35. The highest BCUT2D eigenvalue weighted by Gasteiger charge is 2.11. The Kier molecular flexibility index (Phi) is 2.90. The maximum atomic E-state index is 13.6. The standard InChI is InChI=1S/C12H7F2N3O/c1-7-4-12(18)10(6-15)16-17(7)11-5-8(13)2-3-9(11)14/h2-5H,1H3. The van der Waals surface area contributed by atoms with Gasteiger partial charge < -0.3 is 0 Å². The summed E-state index contributed by atoms with van der Waals surface area (Å²) in [4.78, 5) is 11.3. The minimum atomic E-state index is -0.695. The van der Waals surface area contributed by atoms with Crippen molar-refractivity contribution >= 4 is 0 Å². The van der Waals surface area contributed by atoms with Crippen molar-refractivity contribution in [2.24, 2.45) is 0 Å². The molecule has 1 aromatic heterocycles. The lowest BCUT2D eigenvalue weighted by Crippen LogP contribution is -2.17. The van der Waals surface area contributed by atoms with Crippen molar-refractivity contribution < 1.29 is 8.78 Å². The normalized spacial score (nSPS) is 10.1. The van der Waals surface area contributed by atoms with Gasteiger partial charge in [-0.05, 0) is 19.1 Å². The number of aryl methyl sites for hydroxylation is 1. The highest BCUT2D eigenvalue weighted by atomic mass is 19.1. The maximum absolute atomic E-state index is 13.6. The van der Waals surface area contributed by atoms with Crippen molar-refractivity contribution in [3.8, 4) is 11.8 Å². The van der Waals surface area contributed by atoms with Crippen LogP contribution in [-0.2, 0) is 0 Å². The number of nitrogens with zero attached hydrogens (tertiary/aromatic N) is 3. The van der Waals surface area contributed by atoms with Crippen LogP contribution >= 0.6 is 0 Å². The van der Waals surface area contributed by atoms with Crippen LogP contribution in [0.25, 0.3) is 5.69 Å². The van der Waals surface area contributed by atoms with Crippen molar-refractivity contribution in [2.45, 2.75) is 6.92 Å². The number of benzene rings is 1. The molecule has 0 fully saturated rings. The Morgan fingerprint density at radius 2 is 2.06 bits per heavy atom. The van der Waals surface area contributed by atoms with Crippen molar-refractivity contribution in [1.29, 1.82) is 5.26 Å². The van der Waals surface area contributed by atoms with E-state index < -0.39 is 17.1 Å². The second-order valence-electron chi connectivity index (χ2n) is 3.62. The topological polar surface area (TPSA) is 58.7 Å². The zero-order chi connectivity index (χ0) is 13.3. The van der Waals surface area contributed by atoms with E-state index in [0.29, 0.717) is 5.69 Å². The molecule has 0 unspecified atom stereocenters. The second-order valence-corrected chi connectivity index (χ2v) is 3.62. The van der Waals surface area contributed by atoms with Gasteiger partial charge in [-0.15, -0.1) is 0 Å². The van der Waals surface area contributed by atoms with E-state index >= 15 is 0 Å². The molecule has 4 nitrogen and oxygen atoms in total. The van der Waals surface area contributed by atoms with Gasteiger partial charge in [0.2, 0.25) is 11.1 Å². The Labute approximate surface area is 101 Å². The molecule has 0 aliphatic heterocycles. The lowest BCUT2D eigenvalue weighted by molar-refractivity contribution is 0.582. The SMILES string of the molecule is Cc1cc(=O)c(C#N)nn1-c1cc(F)ccc1F. The molecule has 2 rings (SSSR count). The predicted molar refractivity (Wildman–Crippen MR) is 59.2 cm³/mol. The summed E-state index contributed by atoms with van der Waals surface area (Å²) in [6.45, 7) is 1.51. The quantitative estimate of drug-likeness (QED) is 0.770. The predicted octanol–water partition coefficient (Wildman–Crippen LogP) is 1.69. The number of aromatic nitrogens is 2. The summed E-state index contributed by atoms with van der Waals surface area (Å²) in [5, 5.41) is 12.4. The fourth-order valence-corrected chi connectivity index (χ4v) is 1.52. The molecule has 2 aromatic rings. The van der Waals surface area contributed by atoms with Crippen molar-refractivity contribution in [3.63, 3.8) is 0 Å². The van der Waals surface area contributed by atoms with Crippen LogP contribution in [0.15, 0.2) is 29.1 Å². The number of rotatable bonds is 1. The molecule has 18 heavy (non-hydrogen) atoms. The molecular weight excluding hydrogens is 240 g/mol. The van der Waals surface area contributed by atoms with Gasteiger partial charge in [0.15, 0.2) is 0 Å². The van der Waals surface area contributed by atoms with E-state index in [1.807, 2.05) is 0 Å². The van der Waals surface area contributed by atoms with E-state index in [1.165, 1.54) is 6.92 Å². The summed E-state index contributed by atoms with van der Waals surface area (Å²) >= 11 is 0. The molecule has 0 radical (unpaired) electrons. The van der Waals surface area contributed by atoms with Crippen molar-refractivity contribution in [1.82, 2.24) is 9.78 Å². The van der Waals surface area contributed by atoms with Gasteiger partial charge in [-0.3, -0.25) is 4.79 Å². The molecule has 1 heterocycles. The minimum Gasteiger partial charge on any atom is -0.287 e. The summed E-state index contributed by atoms with van der Waals surface area (Å²) in [6.07, 6.45) is 0. The first-order valence-corrected chi connectivity index (χ1v) is 4.99. The maximum Gasteiger partial charge on any atom is 0.218 e. The van der Waals surface area contributed by atoms with E-state index in [4.69, 9.17) is 5.26 Å². The number of hydrogen-bond acceptors (Lipinski definition) is 3. The Morgan fingerprint density at radius 1 is 1.33 bits per heavy atom. The second kappa shape index (κ2) is 4.37. The van der Waals surface area contributed by atoms with Gasteiger partial charge in [-0.1, -0.05) is 0 Å². The third-order valence-corrected chi connectivity index (χ3v) is 2.35. The van der Waals surface area contributed by atoms with Gasteiger partial charge in [0.1, 0.15) is 23.4 Å². The molecule has 0 saturated carbocycles. The Morgan fingerprint density at radius 3 is 2.72 bits per heavy atom. The van der Waals surface area contributed by atoms with Crippen molar-refractivity contribution in [3.05, 3.63) is 57.5 Å². The smallest absolute Gasteiger partial charge is 0.218 e. The van der Waals surface area contributed by atoms with Gasteiger partial charge in [-0.25, -0.2) is 13.5 Å². The van der Waals surface area contributed by atoms with Crippen LogP contribution in [0.2, 0.25) is 0 Å². The van der Waals surface area contributed by atoms with Gasteiger partial charge in [-0.2, -0.15) is 10.4 Å². The average molecular weight is 247 g/mol. The third kappa shape index (κ3) is 1.98. The fourth-order valence-electron chi connectivity index (χ4n) is 1.52. The summed E-state index contributed by atoms with van der Waals surface area (Å²) < 4.78 is 27.7. The van der Waals surface area contributed by atoms with E-state index in [2.05, 4.69) is 5.10 Å². The molecule has 0 atom stereocenters. The van der Waals surface area contributed by atoms with Crippen LogP contribution in [0, 0.1) is 29.9 Å². The molecule has 0 aliphatic carbocycles. The highest BCUT2D eigenvalue weighted by Crippen LogP contribution is 2.15. The molecule has 0 aliphatic rings. The van der Waals surface area contributed by atoms with Gasteiger partial charge >= 0.3 is 0 Å². The van der Waals surface area contributed by atoms with Gasteiger partial charge in [0.05, 0.1) is 0 Å². The number of halogens is 2. The van der Waals surface area contributed by atoms with Crippen LogP contribution in [0.5, 0.6) is 0 Å². The van der Waals surface area contributed by atoms with Crippen LogP contribution in [0.3, 0.4) is 0 Å². The zero-order valence-corrected chi connectivity index (χ0v) is 9.32. The van der Waals surface area contributed by atoms with Gasteiger partial charge in [0.25, 0.3) is 0 Å². The van der Waals surface area contributed by atoms with Crippen LogP contribution in [0.1, 0.15) is 11.4 Å². The van der Waals surface area contributed by atoms with E-state index in [-0.39, 0.29) is 11.4 Å². The molecule has 1 aromatic carbocycles. The molecule has 0 saturated heterocycles. The summed E-state index contributed by atoms with van der Waals surface area (Å²) in [6, 6.07) is 5.63. The first kappa shape index (κ1) is 11.9. The monoisotopic (exact) mass is 247 g/mol. The Bertz CT molecular complexity index is 716. The largest absolute Gasteiger partial charge is 0.287 e. The molecule has 6 heteroatoms. The Balaban J connectivity index is 2.75. The highest BCUT2D eigenvalue weighted by molar-refractivity contribution is 5.35. The van der Waals surface area contributed by atoms with Crippen molar-refractivity contribution in [2.75, 3.05) is 0 Å². The zero-order valence-electron chi connectivity index (χ0n) is 9.32. The Hall–Kier alpha value is -2.55. The molecule has 0 N–H and O–H groups in total.